The Bertz CT molecular complexity index is 474. The maximum atomic E-state index is 13.4. The minimum absolute atomic E-state index is 0.0588. The van der Waals surface area contributed by atoms with E-state index in [-0.39, 0.29) is 24.3 Å². The van der Waals surface area contributed by atoms with Crippen LogP contribution >= 0.6 is 0 Å². The highest BCUT2D eigenvalue weighted by atomic mass is 19.1. The molecule has 20 heavy (non-hydrogen) atoms. The number of carbonyl (C=O) groups is 1. The molecule has 1 N–H and O–H groups in total. The van der Waals surface area contributed by atoms with Crippen molar-refractivity contribution in [2.24, 2.45) is 0 Å². The molecule has 0 radical (unpaired) electrons. The quantitative estimate of drug-likeness (QED) is 0.869. The van der Waals surface area contributed by atoms with Crippen LogP contribution in [0.5, 0.6) is 5.75 Å². The molecular weight excluding hydrogens is 261 g/mol. The molecule has 0 atom stereocenters. The van der Waals surface area contributed by atoms with Crippen LogP contribution in [-0.2, 0) is 0 Å². The summed E-state index contributed by atoms with van der Waals surface area (Å²) in [5, 5.41) is 8.95. The van der Waals surface area contributed by atoms with Crippen LogP contribution in [-0.4, -0.2) is 42.2 Å². The van der Waals surface area contributed by atoms with E-state index in [9.17, 15) is 9.18 Å². The van der Waals surface area contributed by atoms with Gasteiger partial charge in [-0.3, -0.25) is 4.79 Å². The number of nitrogens with zero attached hydrogens (tertiary/aromatic N) is 1. The molecule has 110 valence electrons. The Balaban J connectivity index is 2.17. The van der Waals surface area contributed by atoms with Crippen molar-refractivity contribution in [3.8, 4) is 5.75 Å². The Morgan fingerprint density at radius 2 is 2.25 bits per heavy atom. The van der Waals surface area contributed by atoms with Gasteiger partial charge < -0.3 is 14.7 Å². The van der Waals surface area contributed by atoms with E-state index < -0.39 is 5.82 Å². The Hall–Kier alpha value is -1.62. The number of carbonyl (C=O) groups excluding carboxylic acids is 1. The highest BCUT2D eigenvalue weighted by molar-refractivity contribution is 5.95. The lowest BCUT2D eigenvalue weighted by molar-refractivity contribution is 0.0562. The van der Waals surface area contributed by atoms with Crippen molar-refractivity contribution in [1.29, 1.82) is 0 Å². The molecule has 2 rings (SSSR count). The fraction of sp³-hybridized carbons (Fsp3) is 0.533. The SMILES string of the molecule is COc1cc(C(=O)N(CCCO)C2CCC2)ccc1F. The van der Waals surface area contributed by atoms with Crippen molar-refractivity contribution in [3.05, 3.63) is 29.6 Å². The van der Waals surface area contributed by atoms with Gasteiger partial charge in [0.25, 0.3) is 5.91 Å². The number of benzene rings is 1. The Labute approximate surface area is 118 Å². The van der Waals surface area contributed by atoms with E-state index >= 15 is 0 Å². The lowest BCUT2D eigenvalue weighted by atomic mass is 9.90. The van der Waals surface area contributed by atoms with Crippen LogP contribution in [0.3, 0.4) is 0 Å². The molecule has 1 aliphatic carbocycles. The van der Waals surface area contributed by atoms with Crippen LogP contribution in [0.4, 0.5) is 4.39 Å². The van der Waals surface area contributed by atoms with Crippen molar-refractivity contribution in [2.45, 2.75) is 31.7 Å². The van der Waals surface area contributed by atoms with Gasteiger partial charge in [-0.05, 0) is 43.9 Å². The van der Waals surface area contributed by atoms with Crippen LogP contribution in [0.15, 0.2) is 18.2 Å². The van der Waals surface area contributed by atoms with Crippen LogP contribution in [0.25, 0.3) is 0 Å². The summed E-state index contributed by atoms with van der Waals surface area (Å²) < 4.78 is 18.3. The van der Waals surface area contributed by atoms with Gasteiger partial charge >= 0.3 is 0 Å². The van der Waals surface area contributed by atoms with Gasteiger partial charge in [0.05, 0.1) is 7.11 Å². The average molecular weight is 281 g/mol. The smallest absolute Gasteiger partial charge is 0.254 e. The van der Waals surface area contributed by atoms with E-state index in [4.69, 9.17) is 9.84 Å². The number of methoxy groups -OCH3 is 1. The third kappa shape index (κ3) is 3.10. The fourth-order valence-electron chi connectivity index (χ4n) is 2.35. The predicted molar refractivity (Wildman–Crippen MR) is 73.3 cm³/mol. The molecule has 0 heterocycles. The zero-order valence-electron chi connectivity index (χ0n) is 11.6. The maximum absolute atomic E-state index is 13.4. The van der Waals surface area contributed by atoms with Gasteiger partial charge in [0.1, 0.15) is 0 Å². The molecule has 0 unspecified atom stereocenters. The lowest BCUT2D eigenvalue weighted by Gasteiger charge is -2.37. The van der Waals surface area contributed by atoms with E-state index in [2.05, 4.69) is 0 Å². The Morgan fingerprint density at radius 1 is 1.50 bits per heavy atom. The van der Waals surface area contributed by atoms with Gasteiger partial charge in [-0.15, -0.1) is 0 Å². The van der Waals surface area contributed by atoms with Crippen molar-refractivity contribution in [1.82, 2.24) is 4.90 Å². The summed E-state index contributed by atoms with van der Waals surface area (Å²) in [4.78, 5) is 14.3. The van der Waals surface area contributed by atoms with Crippen LogP contribution in [0.1, 0.15) is 36.0 Å². The molecule has 0 spiro atoms. The number of rotatable bonds is 6. The van der Waals surface area contributed by atoms with Gasteiger partial charge in [-0.25, -0.2) is 4.39 Å². The normalized spacial score (nSPS) is 14.8. The predicted octanol–water partition coefficient (Wildman–Crippen LogP) is 2.21. The van der Waals surface area contributed by atoms with Crippen LogP contribution in [0.2, 0.25) is 0 Å². The first-order valence-corrected chi connectivity index (χ1v) is 6.92. The Kier molecular flexibility index (Phi) is 4.95. The monoisotopic (exact) mass is 281 g/mol. The third-order valence-corrected chi connectivity index (χ3v) is 3.73. The summed E-state index contributed by atoms with van der Waals surface area (Å²) in [6, 6.07) is 4.40. The molecule has 1 aromatic rings. The molecule has 1 aromatic carbocycles. The molecule has 4 nitrogen and oxygen atoms in total. The second-order valence-electron chi connectivity index (χ2n) is 5.01. The number of hydrogen-bond acceptors (Lipinski definition) is 3. The topological polar surface area (TPSA) is 49.8 Å². The molecule has 1 aliphatic rings. The zero-order valence-corrected chi connectivity index (χ0v) is 11.6. The van der Waals surface area contributed by atoms with Crippen molar-refractivity contribution < 1.29 is 19.0 Å². The third-order valence-electron chi connectivity index (χ3n) is 3.73. The zero-order chi connectivity index (χ0) is 14.5. The van der Waals surface area contributed by atoms with Gasteiger partial charge in [-0.1, -0.05) is 0 Å². The average Bonchev–Trinajstić information content (AvgIpc) is 2.41. The minimum Gasteiger partial charge on any atom is -0.494 e. The summed E-state index contributed by atoms with van der Waals surface area (Å²) >= 11 is 0. The lowest BCUT2D eigenvalue weighted by Crippen LogP contribution is -2.45. The molecule has 0 saturated heterocycles. The van der Waals surface area contributed by atoms with Crippen LogP contribution in [0, 0.1) is 5.82 Å². The largest absolute Gasteiger partial charge is 0.494 e. The number of ether oxygens (including phenoxy) is 1. The first-order valence-electron chi connectivity index (χ1n) is 6.92. The minimum atomic E-state index is -0.477. The molecule has 1 fully saturated rings. The van der Waals surface area contributed by atoms with E-state index in [0.29, 0.717) is 18.5 Å². The van der Waals surface area contributed by atoms with E-state index in [1.807, 2.05) is 0 Å². The number of hydrogen-bond donors (Lipinski definition) is 1. The van der Waals surface area contributed by atoms with E-state index in [1.165, 1.54) is 25.3 Å². The van der Waals surface area contributed by atoms with E-state index in [0.717, 1.165) is 19.3 Å². The van der Waals surface area contributed by atoms with Crippen molar-refractivity contribution in [3.63, 3.8) is 0 Å². The summed E-state index contributed by atoms with van der Waals surface area (Å²) in [6.45, 7) is 0.586. The molecule has 0 aromatic heterocycles. The molecule has 1 saturated carbocycles. The molecular formula is C15H20FNO3. The molecule has 5 heteroatoms. The van der Waals surface area contributed by atoms with Gasteiger partial charge in [0.15, 0.2) is 11.6 Å². The molecule has 1 amide bonds. The summed E-state index contributed by atoms with van der Waals surface area (Å²) in [7, 11) is 1.38. The maximum Gasteiger partial charge on any atom is 0.254 e. The van der Waals surface area contributed by atoms with E-state index in [1.54, 1.807) is 4.90 Å². The van der Waals surface area contributed by atoms with Crippen LogP contribution < -0.4 is 4.74 Å². The first kappa shape index (κ1) is 14.8. The number of amides is 1. The summed E-state index contributed by atoms with van der Waals surface area (Å²) in [6.07, 6.45) is 3.67. The van der Waals surface area contributed by atoms with Gasteiger partial charge in [-0.2, -0.15) is 0 Å². The number of halogens is 1. The standard InChI is InChI=1S/C15H20FNO3/c1-20-14-10-11(6-7-13(14)16)15(19)17(8-3-9-18)12-4-2-5-12/h6-7,10,12,18H,2-5,8-9H2,1H3. The van der Waals surface area contributed by atoms with Gasteiger partial charge in [0.2, 0.25) is 0 Å². The second kappa shape index (κ2) is 6.70. The highest BCUT2D eigenvalue weighted by Gasteiger charge is 2.29. The molecule has 0 bridgehead atoms. The summed E-state index contributed by atoms with van der Waals surface area (Å²) in [5.74, 6) is -0.525. The first-order chi connectivity index (χ1) is 9.67. The summed E-state index contributed by atoms with van der Waals surface area (Å²) in [5.41, 5.74) is 0.424. The number of aliphatic hydroxyl groups excluding tert-OH is 1. The van der Waals surface area contributed by atoms with Gasteiger partial charge in [0, 0.05) is 24.8 Å². The van der Waals surface area contributed by atoms with Crippen molar-refractivity contribution >= 4 is 5.91 Å². The Morgan fingerprint density at radius 3 is 2.80 bits per heavy atom. The second-order valence-corrected chi connectivity index (χ2v) is 5.01. The fourth-order valence-corrected chi connectivity index (χ4v) is 2.35. The number of aliphatic hydroxyl groups is 1. The molecule has 0 aliphatic heterocycles. The van der Waals surface area contributed by atoms with Crippen molar-refractivity contribution in [2.75, 3.05) is 20.3 Å². The highest BCUT2D eigenvalue weighted by Crippen LogP contribution is 2.27.